The van der Waals surface area contributed by atoms with E-state index in [0.717, 1.165) is 10.6 Å². The molecule has 2 fully saturated rings. The normalized spacial score (nSPS) is 19.9. The van der Waals surface area contributed by atoms with Gasteiger partial charge in [0.05, 0.1) is 6.54 Å². The molecule has 1 aliphatic heterocycles. The number of aryl methyl sites for hydroxylation is 1. The number of carbonyl (C=O) groups is 3. The molecule has 3 amide bonds. The molecule has 1 N–H and O–H groups in total. The fourth-order valence-electron chi connectivity index (χ4n) is 4.31. The van der Waals surface area contributed by atoms with Gasteiger partial charge in [-0.1, -0.05) is 6.07 Å². The van der Waals surface area contributed by atoms with Crippen LogP contribution in [0.1, 0.15) is 47.4 Å². The zero-order valence-corrected chi connectivity index (χ0v) is 16.7. The molecular formula is C21H22F2N4O3. The average molecular weight is 416 g/mol. The van der Waals surface area contributed by atoms with E-state index < -0.39 is 48.6 Å². The molecule has 2 aliphatic rings. The zero-order chi connectivity index (χ0) is 21.7. The van der Waals surface area contributed by atoms with Crippen LogP contribution in [0.25, 0.3) is 5.82 Å². The Morgan fingerprint density at radius 3 is 2.50 bits per heavy atom. The van der Waals surface area contributed by atoms with Crippen LogP contribution in [0.4, 0.5) is 13.6 Å². The van der Waals surface area contributed by atoms with Gasteiger partial charge in [-0.2, -0.15) is 0 Å². The van der Waals surface area contributed by atoms with E-state index in [9.17, 15) is 23.2 Å². The number of imide groups is 1. The van der Waals surface area contributed by atoms with Gasteiger partial charge in [-0.3, -0.25) is 14.5 Å². The highest BCUT2D eigenvalue weighted by Gasteiger charge is 2.55. The Hall–Kier alpha value is -3.10. The van der Waals surface area contributed by atoms with Gasteiger partial charge in [0.2, 0.25) is 5.92 Å². The maximum Gasteiger partial charge on any atom is 0.325 e. The second-order valence-electron chi connectivity index (χ2n) is 7.99. The minimum Gasteiger partial charge on any atom is -0.323 e. The van der Waals surface area contributed by atoms with Crippen molar-refractivity contribution in [2.75, 3.05) is 6.54 Å². The number of hydrogen-bond donors (Lipinski definition) is 1. The first kappa shape index (κ1) is 20.2. The molecule has 30 heavy (non-hydrogen) atoms. The number of halogens is 2. The number of alkyl halides is 2. The smallest absolute Gasteiger partial charge is 0.323 e. The molecule has 2 aromatic rings. The Morgan fingerprint density at radius 1 is 1.17 bits per heavy atom. The van der Waals surface area contributed by atoms with Crippen LogP contribution >= 0.6 is 0 Å². The Kier molecular flexibility index (Phi) is 4.71. The average Bonchev–Trinajstić information content (AvgIpc) is 3.13. The van der Waals surface area contributed by atoms with Crippen molar-refractivity contribution in [3.8, 4) is 5.82 Å². The first-order valence-electron chi connectivity index (χ1n) is 9.79. The first-order valence-corrected chi connectivity index (χ1v) is 9.79. The summed E-state index contributed by atoms with van der Waals surface area (Å²) in [6.45, 7) is 3.17. The van der Waals surface area contributed by atoms with Gasteiger partial charge in [0, 0.05) is 36.0 Å². The van der Waals surface area contributed by atoms with Crippen molar-refractivity contribution in [2.45, 2.75) is 51.0 Å². The second kappa shape index (κ2) is 7.00. The van der Waals surface area contributed by atoms with Gasteiger partial charge >= 0.3 is 6.03 Å². The summed E-state index contributed by atoms with van der Waals surface area (Å²) in [4.78, 5) is 43.4. The number of pyridine rings is 1. The van der Waals surface area contributed by atoms with E-state index in [1.165, 1.54) is 0 Å². The molecule has 0 bridgehead atoms. The number of nitrogens with zero attached hydrogens (tertiary/aromatic N) is 3. The van der Waals surface area contributed by atoms with Crippen molar-refractivity contribution in [1.82, 2.24) is 19.8 Å². The predicted octanol–water partition coefficient (Wildman–Crippen LogP) is 3.17. The number of hydrogen-bond acceptors (Lipinski definition) is 4. The van der Waals surface area contributed by atoms with Crippen LogP contribution in [-0.4, -0.2) is 50.2 Å². The summed E-state index contributed by atoms with van der Waals surface area (Å²) in [5.41, 5.74) is 0.493. The SMILES string of the molecule is Cc1cc(C(=O)CN2C(=O)NC3(CCC(F)(F)CC3)C2=O)c(C)n1-c1ccccn1. The van der Waals surface area contributed by atoms with E-state index in [-0.39, 0.29) is 12.8 Å². The van der Waals surface area contributed by atoms with E-state index in [2.05, 4.69) is 10.3 Å². The van der Waals surface area contributed by atoms with Gasteiger partial charge in [0.25, 0.3) is 5.91 Å². The highest BCUT2D eigenvalue weighted by atomic mass is 19.3. The van der Waals surface area contributed by atoms with Gasteiger partial charge in [-0.25, -0.2) is 18.6 Å². The summed E-state index contributed by atoms with van der Waals surface area (Å²) >= 11 is 0. The lowest BCUT2D eigenvalue weighted by atomic mass is 9.80. The lowest BCUT2D eigenvalue weighted by Crippen LogP contribution is -2.51. The van der Waals surface area contributed by atoms with Gasteiger partial charge in [0.1, 0.15) is 11.4 Å². The summed E-state index contributed by atoms with van der Waals surface area (Å²) in [6, 6.07) is 6.43. The molecule has 2 aromatic heterocycles. The van der Waals surface area contributed by atoms with Crippen LogP contribution in [0.15, 0.2) is 30.5 Å². The number of amides is 3. The minimum absolute atomic E-state index is 0.135. The first-order chi connectivity index (χ1) is 14.1. The zero-order valence-electron chi connectivity index (χ0n) is 16.7. The molecule has 4 rings (SSSR count). The standard InChI is InChI=1S/C21H22F2N4O3/c1-13-11-15(14(2)27(13)17-5-3-4-10-24-17)16(28)12-26-18(29)20(25-19(26)30)6-8-21(22,23)9-7-20/h3-5,10-11H,6-9,12H2,1-2H3,(H,25,30). The van der Waals surface area contributed by atoms with E-state index in [1.807, 2.05) is 23.6 Å². The van der Waals surface area contributed by atoms with Crippen molar-refractivity contribution in [3.05, 3.63) is 47.4 Å². The number of urea groups is 1. The van der Waals surface area contributed by atoms with Crippen molar-refractivity contribution in [2.24, 2.45) is 0 Å². The van der Waals surface area contributed by atoms with Crippen LogP contribution in [0.3, 0.4) is 0 Å². The number of ketones is 1. The number of aromatic nitrogens is 2. The third kappa shape index (κ3) is 3.28. The quantitative estimate of drug-likeness (QED) is 0.613. The number of Topliss-reactive ketones (excluding diaryl/α,β-unsaturated/α-hetero) is 1. The van der Waals surface area contributed by atoms with Gasteiger partial charge < -0.3 is 9.88 Å². The van der Waals surface area contributed by atoms with Crippen molar-refractivity contribution < 1.29 is 23.2 Å². The van der Waals surface area contributed by atoms with E-state index in [0.29, 0.717) is 17.1 Å². The maximum atomic E-state index is 13.5. The molecule has 1 saturated heterocycles. The topological polar surface area (TPSA) is 84.3 Å². The number of nitrogens with one attached hydrogen (secondary N) is 1. The van der Waals surface area contributed by atoms with Gasteiger partial charge in [-0.15, -0.1) is 0 Å². The second-order valence-corrected chi connectivity index (χ2v) is 7.99. The monoisotopic (exact) mass is 416 g/mol. The lowest BCUT2D eigenvalue weighted by Gasteiger charge is -2.34. The highest BCUT2D eigenvalue weighted by Crippen LogP contribution is 2.41. The molecular weight excluding hydrogens is 394 g/mol. The molecule has 1 spiro atoms. The Bertz CT molecular complexity index is 1020. The Labute approximate surface area is 172 Å². The predicted molar refractivity (Wildman–Crippen MR) is 104 cm³/mol. The summed E-state index contributed by atoms with van der Waals surface area (Å²) < 4.78 is 28.9. The largest absolute Gasteiger partial charge is 0.325 e. The molecule has 0 aromatic carbocycles. The van der Waals surface area contributed by atoms with Crippen molar-refractivity contribution in [1.29, 1.82) is 0 Å². The van der Waals surface area contributed by atoms with Crippen LogP contribution < -0.4 is 5.32 Å². The third-order valence-electron chi connectivity index (χ3n) is 5.99. The number of rotatable bonds is 4. The molecule has 1 saturated carbocycles. The Balaban J connectivity index is 1.55. The van der Waals surface area contributed by atoms with Crippen LogP contribution in [0.2, 0.25) is 0 Å². The van der Waals surface area contributed by atoms with Gasteiger partial charge in [0.15, 0.2) is 5.78 Å². The summed E-state index contributed by atoms with van der Waals surface area (Å²) in [5.74, 6) is -3.17. The maximum absolute atomic E-state index is 13.5. The molecule has 1 aliphatic carbocycles. The van der Waals surface area contributed by atoms with E-state index in [1.54, 1.807) is 25.3 Å². The molecule has 3 heterocycles. The fourth-order valence-corrected chi connectivity index (χ4v) is 4.31. The molecule has 0 unspecified atom stereocenters. The summed E-state index contributed by atoms with van der Waals surface area (Å²) in [7, 11) is 0. The summed E-state index contributed by atoms with van der Waals surface area (Å²) in [5, 5.41) is 2.56. The van der Waals surface area contributed by atoms with Gasteiger partial charge in [-0.05, 0) is 44.9 Å². The minimum atomic E-state index is -2.83. The Morgan fingerprint density at radius 2 is 1.87 bits per heavy atom. The van der Waals surface area contributed by atoms with Crippen LogP contribution in [0.5, 0.6) is 0 Å². The fraction of sp³-hybridized carbons (Fsp3) is 0.429. The van der Waals surface area contributed by atoms with Crippen molar-refractivity contribution in [3.63, 3.8) is 0 Å². The molecule has 0 radical (unpaired) electrons. The molecule has 0 atom stereocenters. The molecule has 158 valence electrons. The highest BCUT2D eigenvalue weighted by molar-refractivity contribution is 6.11. The lowest BCUT2D eigenvalue weighted by molar-refractivity contribution is -0.135. The summed E-state index contributed by atoms with van der Waals surface area (Å²) in [6.07, 6.45) is 0.446. The van der Waals surface area contributed by atoms with Crippen LogP contribution in [-0.2, 0) is 4.79 Å². The number of carbonyl (C=O) groups excluding carboxylic acids is 3. The molecule has 7 nitrogen and oxygen atoms in total. The molecule has 9 heteroatoms. The third-order valence-corrected chi connectivity index (χ3v) is 5.99. The van der Waals surface area contributed by atoms with Crippen LogP contribution in [0, 0.1) is 13.8 Å². The van der Waals surface area contributed by atoms with E-state index >= 15 is 0 Å². The van der Waals surface area contributed by atoms with E-state index in [4.69, 9.17) is 0 Å². The van der Waals surface area contributed by atoms with Crippen molar-refractivity contribution >= 4 is 17.7 Å².